The predicted octanol–water partition coefficient (Wildman–Crippen LogP) is 4.24. The highest BCUT2D eigenvalue weighted by Gasteiger charge is 2.14. The van der Waals surface area contributed by atoms with Gasteiger partial charge in [-0.25, -0.2) is 4.79 Å². The smallest absolute Gasteiger partial charge is 0.340 e. The molecule has 0 radical (unpaired) electrons. The van der Waals surface area contributed by atoms with Crippen molar-refractivity contribution in [3.63, 3.8) is 0 Å². The first kappa shape index (κ1) is 14.7. The third-order valence-electron chi connectivity index (χ3n) is 2.82. The summed E-state index contributed by atoms with van der Waals surface area (Å²) in [5.74, 6) is -0.529. The largest absolute Gasteiger partial charge is 0.457 e. The van der Waals surface area contributed by atoms with Gasteiger partial charge in [0.2, 0.25) is 0 Å². The lowest BCUT2D eigenvalue weighted by atomic mass is 10.1. The van der Waals surface area contributed by atoms with Gasteiger partial charge in [0.05, 0.1) is 16.3 Å². The summed E-state index contributed by atoms with van der Waals surface area (Å²) in [6.45, 7) is 2.03. The van der Waals surface area contributed by atoms with Crippen LogP contribution in [0.1, 0.15) is 21.5 Å². The van der Waals surface area contributed by atoms with Gasteiger partial charge in [-0.05, 0) is 30.7 Å². The Hall–Kier alpha value is -1.71. The fourth-order valence-corrected chi connectivity index (χ4v) is 2.19. The summed E-state index contributed by atoms with van der Waals surface area (Å²) in [5, 5.41) is 0.768. The van der Waals surface area contributed by atoms with Crippen LogP contribution in [0.3, 0.4) is 0 Å². The molecule has 0 atom stereocenters. The topological polar surface area (TPSA) is 52.3 Å². The Morgan fingerprint density at radius 1 is 1.25 bits per heavy atom. The summed E-state index contributed by atoms with van der Waals surface area (Å²) < 4.78 is 5.21. The minimum absolute atomic E-state index is 0.0864. The highest BCUT2D eigenvalue weighted by atomic mass is 35.5. The number of hydrogen-bond acceptors (Lipinski definition) is 3. The first-order chi connectivity index (χ1) is 9.49. The number of halogens is 2. The zero-order valence-corrected chi connectivity index (χ0v) is 12.3. The monoisotopic (exact) mass is 309 g/mol. The van der Waals surface area contributed by atoms with Gasteiger partial charge in [-0.2, -0.15) is 0 Å². The Morgan fingerprint density at radius 2 is 2.00 bits per heavy atom. The second kappa shape index (κ2) is 6.16. The number of hydrogen-bond donors (Lipinski definition) is 1. The number of benzene rings is 2. The molecule has 0 aliphatic heterocycles. The lowest BCUT2D eigenvalue weighted by Crippen LogP contribution is -2.07. The van der Waals surface area contributed by atoms with E-state index in [2.05, 4.69) is 0 Å². The minimum Gasteiger partial charge on any atom is -0.457 e. The Bertz CT molecular complexity index is 656. The number of esters is 1. The van der Waals surface area contributed by atoms with Crippen molar-refractivity contribution >= 4 is 34.9 Å². The quantitative estimate of drug-likeness (QED) is 0.681. The summed E-state index contributed by atoms with van der Waals surface area (Å²) in [6, 6.07) is 10.4. The van der Waals surface area contributed by atoms with Crippen LogP contribution in [0.5, 0.6) is 0 Å². The van der Waals surface area contributed by atoms with E-state index in [-0.39, 0.29) is 17.2 Å². The van der Waals surface area contributed by atoms with E-state index in [1.807, 2.05) is 25.1 Å². The second-order valence-electron chi connectivity index (χ2n) is 4.38. The lowest BCUT2D eigenvalue weighted by molar-refractivity contribution is 0.0473. The molecule has 0 saturated heterocycles. The predicted molar refractivity (Wildman–Crippen MR) is 81.2 cm³/mol. The first-order valence-electron chi connectivity index (χ1n) is 5.95. The molecule has 2 N–H and O–H groups in total. The van der Waals surface area contributed by atoms with Crippen molar-refractivity contribution in [3.8, 4) is 0 Å². The Kier molecular flexibility index (Phi) is 4.53. The average molecular weight is 310 g/mol. The molecule has 3 nitrogen and oxygen atoms in total. The number of carbonyl (C=O) groups excluding carboxylic acids is 1. The van der Waals surface area contributed by atoms with Crippen molar-refractivity contribution in [2.75, 3.05) is 5.73 Å². The highest BCUT2D eigenvalue weighted by molar-refractivity contribution is 6.36. The minimum atomic E-state index is -0.529. The number of nitrogen functional groups attached to an aromatic ring is 1. The average Bonchev–Trinajstić information content (AvgIpc) is 2.40. The van der Waals surface area contributed by atoms with Crippen molar-refractivity contribution in [2.45, 2.75) is 13.5 Å². The number of nitrogens with two attached hydrogens (primary N) is 1. The van der Waals surface area contributed by atoms with Crippen molar-refractivity contribution in [2.24, 2.45) is 0 Å². The third kappa shape index (κ3) is 3.24. The van der Waals surface area contributed by atoms with Crippen molar-refractivity contribution in [3.05, 3.63) is 63.1 Å². The number of aryl methyl sites for hydroxylation is 1. The molecule has 0 spiro atoms. The molecule has 0 saturated carbocycles. The van der Waals surface area contributed by atoms with Gasteiger partial charge in [0, 0.05) is 10.6 Å². The van der Waals surface area contributed by atoms with Crippen LogP contribution in [0.25, 0.3) is 0 Å². The highest BCUT2D eigenvalue weighted by Crippen LogP contribution is 2.24. The molecule has 2 rings (SSSR count). The van der Waals surface area contributed by atoms with E-state index in [1.165, 1.54) is 0 Å². The summed E-state index contributed by atoms with van der Waals surface area (Å²) in [7, 11) is 0. The van der Waals surface area contributed by atoms with Gasteiger partial charge in [0.1, 0.15) is 6.61 Å². The molecule has 20 heavy (non-hydrogen) atoms. The molecule has 0 unspecified atom stereocenters. The van der Waals surface area contributed by atoms with E-state index in [0.717, 1.165) is 11.1 Å². The Labute approximate surface area is 127 Å². The van der Waals surface area contributed by atoms with Gasteiger partial charge >= 0.3 is 5.97 Å². The van der Waals surface area contributed by atoms with Crippen LogP contribution >= 0.6 is 23.2 Å². The van der Waals surface area contributed by atoms with Crippen molar-refractivity contribution < 1.29 is 9.53 Å². The zero-order valence-electron chi connectivity index (χ0n) is 10.8. The van der Waals surface area contributed by atoms with Crippen LogP contribution in [0.15, 0.2) is 36.4 Å². The molecule has 0 bridgehead atoms. The van der Waals surface area contributed by atoms with Crippen LogP contribution in [0, 0.1) is 6.92 Å². The van der Waals surface area contributed by atoms with Gasteiger partial charge in [-0.15, -0.1) is 0 Å². The number of carbonyl (C=O) groups is 1. The van der Waals surface area contributed by atoms with Gasteiger partial charge in [0.15, 0.2) is 0 Å². The molecule has 0 aromatic heterocycles. The maximum Gasteiger partial charge on any atom is 0.340 e. The van der Waals surface area contributed by atoms with E-state index in [0.29, 0.717) is 10.7 Å². The van der Waals surface area contributed by atoms with Gasteiger partial charge in [-0.1, -0.05) is 41.4 Å². The lowest BCUT2D eigenvalue weighted by Gasteiger charge is -2.09. The second-order valence-corrected chi connectivity index (χ2v) is 5.16. The Morgan fingerprint density at radius 3 is 2.70 bits per heavy atom. The number of anilines is 1. The molecule has 2 aromatic carbocycles. The molecule has 0 aliphatic rings. The molecular weight excluding hydrogens is 297 g/mol. The number of ether oxygens (including phenoxy) is 1. The molecule has 104 valence electrons. The number of rotatable bonds is 3. The van der Waals surface area contributed by atoms with Crippen LogP contribution < -0.4 is 5.73 Å². The molecule has 0 heterocycles. The van der Waals surface area contributed by atoms with Crippen LogP contribution in [-0.4, -0.2) is 5.97 Å². The summed E-state index contributed by atoms with van der Waals surface area (Å²) in [6.07, 6.45) is 0. The molecule has 0 fully saturated rings. The van der Waals surface area contributed by atoms with Gasteiger partial charge < -0.3 is 10.5 Å². The maximum absolute atomic E-state index is 12.0. The van der Waals surface area contributed by atoms with E-state index in [1.54, 1.807) is 18.2 Å². The van der Waals surface area contributed by atoms with Crippen molar-refractivity contribution in [1.29, 1.82) is 0 Å². The molecule has 0 amide bonds. The van der Waals surface area contributed by atoms with Gasteiger partial charge in [-0.3, -0.25) is 0 Å². The first-order valence-corrected chi connectivity index (χ1v) is 6.71. The van der Waals surface area contributed by atoms with E-state index >= 15 is 0 Å². The van der Waals surface area contributed by atoms with Gasteiger partial charge in [0.25, 0.3) is 0 Å². The fraction of sp³-hybridized carbons (Fsp3) is 0.133. The van der Waals surface area contributed by atoms with Crippen LogP contribution in [-0.2, 0) is 11.3 Å². The molecule has 0 aliphatic carbocycles. The Balaban J connectivity index is 2.11. The fourth-order valence-electron chi connectivity index (χ4n) is 1.70. The van der Waals surface area contributed by atoms with Crippen LogP contribution in [0.2, 0.25) is 10.0 Å². The van der Waals surface area contributed by atoms with Crippen LogP contribution in [0.4, 0.5) is 5.69 Å². The standard InChI is InChI=1S/C15H13Cl2NO2/c1-9-5-6-10(12(16)7-9)8-20-15(19)11-3-2-4-13(18)14(11)17/h2-7H,8,18H2,1H3. The third-order valence-corrected chi connectivity index (χ3v) is 3.59. The van der Waals surface area contributed by atoms with E-state index < -0.39 is 5.97 Å². The summed E-state index contributed by atoms with van der Waals surface area (Å²) in [5.41, 5.74) is 8.02. The van der Waals surface area contributed by atoms with E-state index in [9.17, 15) is 4.79 Å². The normalized spacial score (nSPS) is 10.3. The zero-order chi connectivity index (χ0) is 14.7. The summed E-state index contributed by atoms with van der Waals surface area (Å²) >= 11 is 12.0. The molecule has 2 aromatic rings. The molecular formula is C15H13Cl2NO2. The SMILES string of the molecule is Cc1ccc(COC(=O)c2cccc(N)c2Cl)c(Cl)c1. The van der Waals surface area contributed by atoms with E-state index in [4.69, 9.17) is 33.7 Å². The molecule has 5 heteroatoms. The summed E-state index contributed by atoms with van der Waals surface area (Å²) in [4.78, 5) is 12.0. The van der Waals surface area contributed by atoms with Crippen molar-refractivity contribution in [1.82, 2.24) is 0 Å². The maximum atomic E-state index is 12.0.